The maximum atomic E-state index is 5.69. The predicted molar refractivity (Wildman–Crippen MR) is 48.3 cm³/mol. The zero-order valence-corrected chi connectivity index (χ0v) is 8.17. The van der Waals surface area contributed by atoms with Crippen molar-refractivity contribution in [2.45, 2.75) is 38.5 Å². The van der Waals surface area contributed by atoms with Crippen molar-refractivity contribution in [1.82, 2.24) is 5.32 Å². The van der Waals surface area contributed by atoms with Gasteiger partial charge in [-0.2, -0.15) is 0 Å². The molecule has 0 aromatic carbocycles. The molecule has 12 heavy (non-hydrogen) atoms. The van der Waals surface area contributed by atoms with Crippen molar-refractivity contribution in [3.8, 4) is 0 Å². The van der Waals surface area contributed by atoms with E-state index in [-0.39, 0.29) is 0 Å². The van der Waals surface area contributed by atoms with Crippen molar-refractivity contribution in [1.29, 1.82) is 0 Å². The van der Waals surface area contributed by atoms with E-state index < -0.39 is 0 Å². The van der Waals surface area contributed by atoms with Crippen molar-refractivity contribution in [2.24, 2.45) is 0 Å². The van der Waals surface area contributed by atoms with E-state index in [0.717, 1.165) is 19.6 Å². The number of ether oxygens (including phenoxy) is 2. The first-order chi connectivity index (χ1) is 5.72. The van der Waals surface area contributed by atoms with E-state index in [9.17, 15) is 0 Å². The molecule has 0 aromatic heterocycles. The second-order valence-corrected chi connectivity index (χ2v) is 3.53. The fourth-order valence-electron chi connectivity index (χ4n) is 1.29. The molecule has 0 aromatic rings. The fraction of sp³-hybridized carbons (Fsp3) is 1.00. The highest BCUT2D eigenvalue weighted by molar-refractivity contribution is 4.69. The second-order valence-electron chi connectivity index (χ2n) is 3.53. The Morgan fingerprint density at radius 2 is 2.17 bits per heavy atom. The summed E-state index contributed by atoms with van der Waals surface area (Å²) >= 11 is 0. The monoisotopic (exact) mass is 173 g/mol. The number of rotatable bonds is 5. The minimum absolute atomic E-state index is 0.335. The lowest BCUT2D eigenvalue weighted by Gasteiger charge is -2.30. The van der Waals surface area contributed by atoms with Gasteiger partial charge in [-0.05, 0) is 27.3 Å². The molecule has 0 spiro atoms. The molecule has 2 unspecified atom stereocenters. The smallest absolute Gasteiger partial charge is 0.104 e. The van der Waals surface area contributed by atoms with Gasteiger partial charge < -0.3 is 14.8 Å². The summed E-state index contributed by atoms with van der Waals surface area (Å²) in [6, 6.07) is 0.529. The van der Waals surface area contributed by atoms with Crippen LogP contribution in [0.15, 0.2) is 0 Å². The van der Waals surface area contributed by atoms with Gasteiger partial charge in [0, 0.05) is 6.04 Å². The molecule has 1 fully saturated rings. The van der Waals surface area contributed by atoms with E-state index >= 15 is 0 Å². The van der Waals surface area contributed by atoms with Gasteiger partial charge in [0.15, 0.2) is 0 Å². The van der Waals surface area contributed by atoms with Crippen LogP contribution in [0.25, 0.3) is 0 Å². The molecule has 0 radical (unpaired) electrons. The third-order valence-electron chi connectivity index (χ3n) is 2.21. The van der Waals surface area contributed by atoms with Gasteiger partial charge in [-0.25, -0.2) is 0 Å². The van der Waals surface area contributed by atoms with Crippen LogP contribution < -0.4 is 5.32 Å². The normalized spacial score (nSPS) is 23.2. The van der Waals surface area contributed by atoms with Crippen molar-refractivity contribution >= 4 is 0 Å². The van der Waals surface area contributed by atoms with Crippen LogP contribution in [-0.4, -0.2) is 38.5 Å². The maximum Gasteiger partial charge on any atom is 0.104 e. The third kappa shape index (κ3) is 3.09. The molecule has 0 aliphatic carbocycles. The minimum atomic E-state index is 0.335. The fourth-order valence-corrected chi connectivity index (χ4v) is 1.29. The van der Waals surface area contributed by atoms with E-state index in [0.29, 0.717) is 18.2 Å². The highest BCUT2D eigenvalue weighted by Crippen LogP contribution is 2.11. The maximum absolute atomic E-state index is 5.69. The summed E-state index contributed by atoms with van der Waals surface area (Å²) in [6.07, 6.45) is 1.75. The van der Waals surface area contributed by atoms with Crippen molar-refractivity contribution < 1.29 is 9.47 Å². The topological polar surface area (TPSA) is 30.5 Å². The first-order valence-corrected chi connectivity index (χ1v) is 4.63. The Hall–Kier alpha value is -0.120. The number of hydrogen-bond acceptors (Lipinski definition) is 3. The van der Waals surface area contributed by atoms with Crippen LogP contribution in [0.4, 0.5) is 0 Å². The number of hydrogen-bond donors (Lipinski definition) is 1. The summed E-state index contributed by atoms with van der Waals surface area (Å²) in [7, 11) is 1.98. The molecule has 1 aliphatic rings. The zero-order valence-electron chi connectivity index (χ0n) is 8.17. The Morgan fingerprint density at radius 1 is 1.50 bits per heavy atom. The van der Waals surface area contributed by atoms with Gasteiger partial charge in [0.25, 0.3) is 0 Å². The Morgan fingerprint density at radius 3 is 2.58 bits per heavy atom. The molecular weight excluding hydrogens is 154 g/mol. The average Bonchev–Trinajstić information content (AvgIpc) is 1.97. The summed E-state index contributed by atoms with van der Waals surface area (Å²) in [5.74, 6) is 0. The quantitative estimate of drug-likeness (QED) is 0.666. The van der Waals surface area contributed by atoms with Crippen LogP contribution >= 0.6 is 0 Å². The third-order valence-corrected chi connectivity index (χ3v) is 2.21. The summed E-state index contributed by atoms with van der Waals surface area (Å²) in [5.41, 5.74) is 0. The number of nitrogens with one attached hydrogen (secondary N) is 1. The van der Waals surface area contributed by atoms with Crippen molar-refractivity contribution in [2.75, 3.05) is 20.3 Å². The first-order valence-electron chi connectivity index (χ1n) is 4.63. The highest BCUT2D eigenvalue weighted by Gasteiger charge is 2.21. The molecule has 1 heterocycles. The molecule has 0 amide bonds. The molecule has 0 bridgehead atoms. The minimum Gasteiger partial charge on any atom is -0.376 e. The summed E-state index contributed by atoms with van der Waals surface area (Å²) in [4.78, 5) is 0. The second kappa shape index (κ2) is 4.80. The van der Waals surface area contributed by atoms with Gasteiger partial charge in [-0.15, -0.1) is 0 Å². The van der Waals surface area contributed by atoms with E-state index in [1.807, 2.05) is 7.05 Å². The summed E-state index contributed by atoms with van der Waals surface area (Å²) in [6.45, 7) is 5.83. The van der Waals surface area contributed by atoms with Crippen LogP contribution in [-0.2, 0) is 9.47 Å². The Kier molecular flexibility index (Phi) is 3.98. The van der Waals surface area contributed by atoms with E-state index in [1.54, 1.807) is 0 Å². The van der Waals surface area contributed by atoms with Crippen LogP contribution in [0.1, 0.15) is 20.3 Å². The Bertz CT molecular complexity index is 119. The van der Waals surface area contributed by atoms with Crippen molar-refractivity contribution in [3.63, 3.8) is 0 Å². The first kappa shape index (κ1) is 9.96. The van der Waals surface area contributed by atoms with E-state index in [4.69, 9.17) is 9.47 Å². The SMILES string of the molecule is CNC(C)CC(C)OC1COC1. The van der Waals surface area contributed by atoms with Gasteiger partial charge >= 0.3 is 0 Å². The molecule has 2 atom stereocenters. The molecule has 1 saturated heterocycles. The Labute approximate surface area is 74.4 Å². The lowest BCUT2D eigenvalue weighted by Crippen LogP contribution is -2.39. The van der Waals surface area contributed by atoms with Gasteiger partial charge in [0.2, 0.25) is 0 Å². The Balaban J connectivity index is 2.05. The van der Waals surface area contributed by atoms with Gasteiger partial charge in [-0.1, -0.05) is 0 Å². The van der Waals surface area contributed by atoms with E-state index in [1.165, 1.54) is 0 Å². The molecule has 3 nitrogen and oxygen atoms in total. The van der Waals surface area contributed by atoms with E-state index in [2.05, 4.69) is 19.2 Å². The molecule has 0 saturated carbocycles. The molecule has 3 heteroatoms. The lowest BCUT2D eigenvalue weighted by atomic mass is 10.1. The highest BCUT2D eigenvalue weighted by atomic mass is 16.6. The average molecular weight is 173 g/mol. The molecule has 1 rings (SSSR count). The van der Waals surface area contributed by atoms with Crippen LogP contribution in [0.5, 0.6) is 0 Å². The standard InChI is InChI=1S/C9H19NO2/c1-7(10-3)4-8(2)12-9-5-11-6-9/h7-10H,4-6H2,1-3H3. The largest absolute Gasteiger partial charge is 0.376 e. The lowest BCUT2D eigenvalue weighted by molar-refractivity contribution is -0.152. The van der Waals surface area contributed by atoms with Gasteiger partial charge in [-0.3, -0.25) is 0 Å². The zero-order chi connectivity index (χ0) is 8.97. The molecule has 1 N–H and O–H groups in total. The summed E-state index contributed by atoms with van der Waals surface area (Å²) in [5, 5.41) is 3.19. The van der Waals surface area contributed by atoms with Crippen LogP contribution in [0.2, 0.25) is 0 Å². The summed E-state index contributed by atoms with van der Waals surface area (Å²) < 4.78 is 10.7. The van der Waals surface area contributed by atoms with Crippen LogP contribution in [0.3, 0.4) is 0 Å². The molecule has 1 aliphatic heterocycles. The van der Waals surface area contributed by atoms with Crippen molar-refractivity contribution in [3.05, 3.63) is 0 Å². The molecule has 72 valence electrons. The van der Waals surface area contributed by atoms with Gasteiger partial charge in [0.05, 0.1) is 19.3 Å². The van der Waals surface area contributed by atoms with Crippen LogP contribution in [0, 0.1) is 0 Å². The van der Waals surface area contributed by atoms with Gasteiger partial charge in [0.1, 0.15) is 6.10 Å². The predicted octanol–water partition coefficient (Wildman–Crippen LogP) is 0.788. The molecular formula is C9H19NO2.